The molecule has 0 atom stereocenters. The van der Waals surface area contributed by atoms with Crippen molar-refractivity contribution in [2.45, 2.75) is 11.8 Å². The fourth-order valence-corrected chi connectivity index (χ4v) is 4.21. The molecule has 1 heterocycles. The van der Waals surface area contributed by atoms with Gasteiger partial charge in [0, 0.05) is 6.07 Å². The lowest BCUT2D eigenvalue weighted by atomic mass is 10.2. The van der Waals surface area contributed by atoms with Crippen LogP contribution in [0.3, 0.4) is 0 Å². The van der Waals surface area contributed by atoms with E-state index in [4.69, 9.17) is 9.47 Å². The van der Waals surface area contributed by atoms with Gasteiger partial charge in [-0.3, -0.25) is 4.31 Å². The van der Waals surface area contributed by atoms with Gasteiger partial charge in [0.1, 0.15) is 28.8 Å². The first kappa shape index (κ1) is 15.6. The number of benzene rings is 2. The standard InChI is InChI=1S/C16H16FNO4S/c1-11-3-5-15(21-2)16(9-11)23(19,20)18-7-8-22-14-6-4-12(17)10-13(14)18/h3-6,9-10H,7-8H2,1-2H3. The zero-order valence-corrected chi connectivity index (χ0v) is 13.6. The van der Waals surface area contributed by atoms with Crippen molar-refractivity contribution in [2.24, 2.45) is 0 Å². The molecule has 0 saturated carbocycles. The quantitative estimate of drug-likeness (QED) is 0.864. The lowest BCUT2D eigenvalue weighted by molar-refractivity contribution is 0.315. The molecule has 0 saturated heterocycles. The topological polar surface area (TPSA) is 55.8 Å². The van der Waals surface area contributed by atoms with Gasteiger partial charge < -0.3 is 9.47 Å². The van der Waals surface area contributed by atoms with Crippen LogP contribution in [0.15, 0.2) is 41.3 Å². The first-order chi connectivity index (χ1) is 10.9. The number of hydrogen-bond donors (Lipinski definition) is 0. The van der Waals surface area contributed by atoms with Crippen LogP contribution in [0, 0.1) is 12.7 Å². The number of aryl methyl sites for hydroxylation is 1. The number of anilines is 1. The molecule has 0 aliphatic carbocycles. The highest BCUT2D eigenvalue weighted by Crippen LogP contribution is 2.37. The molecule has 122 valence electrons. The predicted molar refractivity (Wildman–Crippen MR) is 84.2 cm³/mol. The van der Waals surface area contributed by atoms with Crippen molar-refractivity contribution in [1.82, 2.24) is 0 Å². The van der Waals surface area contributed by atoms with Gasteiger partial charge in [-0.15, -0.1) is 0 Å². The van der Waals surface area contributed by atoms with E-state index < -0.39 is 15.8 Å². The molecule has 1 aliphatic rings. The van der Waals surface area contributed by atoms with Crippen molar-refractivity contribution in [1.29, 1.82) is 0 Å². The van der Waals surface area contributed by atoms with Gasteiger partial charge in [0.25, 0.3) is 10.0 Å². The number of fused-ring (bicyclic) bond motifs is 1. The van der Waals surface area contributed by atoms with E-state index in [1.807, 2.05) is 0 Å². The molecule has 23 heavy (non-hydrogen) atoms. The van der Waals surface area contributed by atoms with Crippen LogP contribution >= 0.6 is 0 Å². The van der Waals surface area contributed by atoms with Gasteiger partial charge in [-0.05, 0) is 36.8 Å². The molecule has 0 fully saturated rings. The number of ether oxygens (including phenoxy) is 2. The largest absolute Gasteiger partial charge is 0.495 e. The molecule has 2 aromatic rings. The van der Waals surface area contributed by atoms with Crippen LogP contribution in [0.5, 0.6) is 11.5 Å². The monoisotopic (exact) mass is 337 g/mol. The number of rotatable bonds is 3. The Kier molecular flexibility index (Phi) is 3.89. The smallest absolute Gasteiger partial charge is 0.268 e. The molecule has 1 aliphatic heterocycles. The summed E-state index contributed by atoms with van der Waals surface area (Å²) in [5.74, 6) is 0.0681. The summed E-state index contributed by atoms with van der Waals surface area (Å²) in [6.45, 7) is 2.10. The van der Waals surface area contributed by atoms with Gasteiger partial charge in [0.05, 0.1) is 19.3 Å². The van der Waals surface area contributed by atoms with E-state index in [0.29, 0.717) is 5.75 Å². The van der Waals surface area contributed by atoms with Crippen LogP contribution in [-0.2, 0) is 10.0 Å². The van der Waals surface area contributed by atoms with E-state index in [0.717, 1.165) is 15.9 Å². The van der Waals surface area contributed by atoms with E-state index in [1.165, 1.54) is 19.2 Å². The number of methoxy groups -OCH3 is 1. The van der Waals surface area contributed by atoms with Crippen molar-refractivity contribution in [3.8, 4) is 11.5 Å². The Morgan fingerprint density at radius 3 is 2.74 bits per heavy atom. The molecule has 0 amide bonds. The lowest BCUT2D eigenvalue weighted by Gasteiger charge is -2.30. The van der Waals surface area contributed by atoms with Crippen LogP contribution in [0.25, 0.3) is 0 Å². The third-order valence-corrected chi connectivity index (χ3v) is 5.46. The maximum atomic E-state index is 13.6. The minimum atomic E-state index is -3.90. The second-order valence-corrected chi connectivity index (χ2v) is 7.02. The molecule has 0 N–H and O–H groups in total. The van der Waals surface area contributed by atoms with Crippen molar-refractivity contribution in [3.63, 3.8) is 0 Å². The summed E-state index contributed by atoms with van der Waals surface area (Å²) in [5.41, 5.74) is 0.983. The Hall–Kier alpha value is -2.28. The number of hydrogen-bond acceptors (Lipinski definition) is 4. The van der Waals surface area contributed by atoms with Crippen molar-refractivity contribution < 1.29 is 22.3 Å². The van der Waals surface area contributed by atoms with Crippen molar-refractivity contribution in [2.75, 3.05) is 24.6 Å². The summed E-state index contributed by atoms with van der Waals surface area (Å²) in [5, 5.41) is 0. The second-order valence-electron chi connectivity index (χ2n) is 5.19. The first-order valence-electron chi connectivity index (χ1n) is 7.03. The van der Waals surface area contributed by atoms with Gasteiger partial charge in [-0.2, -0.15) is 0 Å². The highest BCUT2D eigenvalue weighted by atomic mass is 32.2. The van der Waals surface area contributed by atoms with Gasteiger partial charge in [-0.25, -0.2) is 12.8 Å². The molecule has 2 aromatic carbocycles. The summed E-state index contributed by atoms with van der Waals surface area (Å²) >= 11 is 0. The Balaban J connectivity index is 2.16. The van der Waals surface area contributed by atoms with Crippen LogP contribution in [-0.4, -0.2) is 28.7 Å². The van der Waals surface area contributed by atoms with Crippen LogP contribution < -0.4 is 13.8 Å². The fraction of sp³-hybridized carbons (Fsp3) is 0.250. The summed E-state index contributed by atoms with van der Waals surface area (Å²) in [6, 6.07) is 8.75. The number of halogens is 1. The zero-order valence-electron chi connectivity index (χ0n) is 12.7. The SMILES string of the molecule is COc1ccc(C)cc1S(=O)(=O)N1CCOc2ccc(F)cc21. The van der Waals surface area contributed by atoms with E-state index in [9.17, 15) is 12.8 Å². The Labute approximate surface area is 134 Å². The number of sulfonamides is 1. The van der Waals surface area contributed by atoms with Crippen molar-refractivity contribution in [3.05, 3.63) is 47.8 Å². The van der Waals surface area contributed by atoms with Gasteiger partial charge in [-0.1, -0.05) is 6.07 Å². The molecule has 0 aromatic heterocycles. The van der Waals surface area contributed by atoms with Gasteiger partial charge in [0.15, 0.2) is 0 Å². The maximum absolute atomic E-state index is 13.6. The summed E-state index contributed by atoms with van der Waals surface area (Å²) in [4.78, 5) is 0.0529. The summed E-state index contributed by atoms with van der Waals surface area (Å²) in [6.07, 6.45) is 0. The van der Waals surface area contributed by atoms with Crippen LogP contribution in [0.4, 0.5) is 10.1 Å². The average molecular weight is 337 g/mol. The third-order valence-electron chi connectivity index (χ3n) is 3.63. The van der Waals surface area contributed by atoms with Crippen LogP contribution in [0.1, 0.15) is 5.56 Å². The molecule has 7 heteroatoms. The van der Waals surface area contributed by atoms with E-state index in [1.54, 1.807) is 25.1 Å². The minimum absolute atomic E-state index is 0.0529. The Bertz CT molecular complexity index is 851. The Morgan fingerprint density at radius 2 is 2.00 bits per heavy atom. The molecule has 0 bridgehead atoms. The first-order valence-corrected chi connectivity index (χ1v) is 8.47. The molecular weight excluding hydrogens is 321 g/mol. The van der Waals surface area contributed by atoms with Gasteiger partial charge in [0.2, 0.25) is 0 Å². The van der Waals surface area contributed by atoms with E-state index in [-0.39, 0.29) is 29.5 Å². The third kappa shape index (κ3) is 2.72. The lowest BCUT2D eigenvalue weighted by Crippen LogP contribution is -2.38. The molecule has 5 nitrogen and oxygen atoms in total. The van der Waals surface area contributed by atoms with Crippen LogP contribution in [0.2, 0.25) is 0 Å². The summed E-state index contributed by atoms with van der Waals surface area (Å²) < 4.78 is 51.4. The molecule has 3 rings (SSSR count). The maximum Gasteiger partial charge on any atom is 0.268 e. The molecule has 0 radical (unpaired) electrons. The highest BCUT2D eigenvalue weighted by molar-refractivity contribution is 7.93. The Morgan fingerprint density at radius 1 is 1.22 bits per heavy atom. The van der Waals surface area contributed by atoms with Gasteiger partial charge >= 0.3 is 0 Å². The normalized spacial score (nSPS) is 14.1. The van der Waals surface area contributed by atoms with E-state index >= 15 is 0 Å². The minimum Gasteiger partial charge on any atom is -0.495 e. The zero-order chi connectivity index (χ0) is 16.6. The average Bonchev–Trinajstić information content (AvgIpc) is 2.54. The second kappa shape index (κ2) is 5.73. The highest BCUT2D eigenvalue weighted by Gasteiger charge is 2.32. The predicted octanol–water partition coefficient (Wildman–Crippen LogP) is 2.73. The summed E-state index contributed by atoms with van der Waals surface area (Å²) in [7, 11) is -2.48. The number of nitrogens with zero attached hydrogens (tertiary/aromatic N) is 1. The molecule has 0 spiro atoms. The molecular formula is C16H16FNO4S. The van der Waals surface area contributed by atoms with E-state index in [2.05, 4.69) is 0 Å². The molecule has 0 unspecified atom stereocenters. The fourth-order valence-electron chi connectivity index (χ4n) is 2.52. The van der Waals surface area contributed by atoms with Crippen molar-refractivity contribution >= 4 is 15.7 Å².